The van der Waals surface area contributed by atoms with Crippen molar-refractivity contribution in [2.45, 2.75) is 0 Å². The standard InChI is InChI=1S/C5H5N3S/c1-3-4-5(6-2)8-9-7-4/h3H,1-2H2. The lowest BCUT2D eigenvalue weighted by atomic mass is 10.4. The van der Waals surface area contributed by atoms with Gasteiger partial charge in [-0.05, 0) is 12.8 Å². The van der Waals surface area contributed by atoms with Gasteiger partial charge in [-0.2, -0.15) is 8.75 Å². The van der Waals surface area contributed by atoms with Crippen molar-refractivity contribution in [3.8, 4) is 0 Å². The van der Waals surface area contributed by atoms with Crippen LogP contribution in [0.1, 0.15) is 5.69 Å². The lowest BCUT2D eigenvalue weighted by molar-refractivity contribution is 1.40. The molecule has 0 saturated carbocycles. The van der Waals surface area contributed by atoms with E-state index in [1.807, 2.05) is 0 Å². The van der Waals surface area contributed by atoms with Gasteiger partial charge < -0.3 is 0 Å². The Morgan fingerprint density at radius 1 is 1.56 bits per heavy atom. The van der Waals surface area contributed by atoms with Crippen LogP contribution in [-0.4, -0.2) is 15.5 Å². The van der Waals surface area contributed by atoms with Crippen molar-refractivity contribution in [3.63, 3.8) is 0 Å². The van der Waals surface area contributed by atoms with Crippen molar-refractivity contribution in [1.29, 1.82) is 0 Å². The smallest absolute Gasteiger partial charge is 0.192 e. The Morgan fingerprint density at radius 2 is 2.33 bits per heavy atom. The van der Waals surface area contributed by atoms with Crippen LogP contribution >= 0.6 is 11.7 Å². The van der Waals surface area contributed by atoms with E-state index in [1.165, 1.54) is 0 Å². The van der Waals surface area contributed by atoms with Crippen LogP contribution in [0.2, 0.25) is 0 Å². The van der Waals surface area contributed by atoms with Gasteiger partial charge >= 0.3 is 0 Å². The van der Waals surface area contributed by atoms with E-state index < -0.39 is 0 Å². The Kier molecular flexibility index (Phi) is 1.69. The largest absolute Gasteiger partial charge is 0.242 e. The molecule has 1 aromatic rings. The minimum Gasteiger partial charge on any atom is -0.242 e. The number of aromatic nitrogens is 2. The summed E-state index contributed by atoms with van der Waals surface area (Å²) in [6.07, 6.45) is 1.60. The van der Waals surface area contributed by atoms with E-state index in [0.717, 1.165) is 11.7 Å². The summed E-state index contributed by atoms with van der Waals surface area (Å²) in [4.78, 5) is 3.62. The van der Waals surface area contributed by atoms with Crippen LogP contribution in [-0.2, 0) is 0 Å². The van der Waals surface area contributed by atoms with E-state index in [0.29, 0.717) is 11.5 Å². The van der Waals surface area contributed by atoms with Gasteiger partial charge in [0.25, 0.3) is 0 Å². The molecular formula is C5H5N3S. The molecule has 0 atom stereocenters. The van der Waals surface area contributed by atoms with Gasteiger partial charge in [-0.3, -0.25) is 0 Å². The molecule has 0 spiro atoms. The SMILES string of the molecule is C=Cc1nsnc1N=C. The summed E-state index contributed by atoms with van der Waals surface area (Å²) in [5, 5.41) is 0. The fourth-order valence-electron chi connectivity index (χ4n) is 0.429. The summed E-state index contributed by atoms with van der Waals surface area (Å²) in [7, 11) is 0. The summed E-state index contributed by atoms with van der Waals surface area (Å²) in [5.74, 6) is 0.565. The Hall–Kier alpha value is -1.03. The summed E-state index contributed by atoms with van der Waals surface area (Å²) < 4.78 is 7.72. The Labute approximate surface area is 57.1 Å². The Morgan fingerprint density at radius 3 is 2.78 bits per heavy atom. The second-order valence-electron chi connectivity index (χ2n) is 1.34. The van der Waals surface area contributed by atoms with Crippen molar-refractivity contribution in [3.05, 3.63) is 12.3 Å². The zero-order valence-electron chi connectivity index (χ0n) is 4.74. The topological polar surface area (TPSA) is 38.1 Å². The molecular weight excluding hydrogens is 134 g/mol. The molecule has 46 valence electrons. The maximum atomic E-state index is 3.88. The lowest BCUT2D eigenvalue weighted by Crippen LogP contribution is -1.66. The molecule has 0 bridgehead atoms. The van der Waals surface area contributed by atoms with Gasteiger partial charge in [-0.1, -0.05) is 6.58 Å². The molecule has 0 fully saturated rings. The average molecular weight is 139 g/mol. The number of rotatable bonds is 2. The Balaban J connectivity index is 3.12. The second kappa shape index (κ2) is 2.50. The van der Waals surface area contributed by atoms with E-state index in [1.54, 1.807) is 6.08 Å². The van der Waals surface area contributed by atoms with Gasteiger partial charge in [0.1, 0.15) is 5.69 Å². The zero-order valence-corrected chi connectivity index (χ0v) is 5.56. The zero-order chi connectivity index (χ0) is 6.69. The van der Waals surface area contributed by atoms with Crippen LogP contribution in [0.5, 0.6) is 0 Å². The first-order valence-electron chi connectivity index (χ1n) is 2.30. The van der Waals surface area contributed by atoms with Gasteiger partial charge in [-0.15, -0.1) is 0 Å². The predicted octanol–water partition coefficient (Wildman–Crippen LogP) is 1.51. The fourth-order valence-corrected chi connectivity index (χ4v) is 0.943. The van der Waals surface area contributed by atoms with E-state index in [2.05, 4.69) is 27.0 Å². The van der Waals surface area contributed by atoms with E-state index in [-0.39, 0.29) is 0 Å². The monoisotopic (exact) mass is 139 g/mol. The van der Waals surface area contributed by atoms with Gasteiger partial charge in [-0.25, -0.2) is 4.99 Å². The highest BCUT2D eigenvalue weighted by Gasteiger charge is 1.98. The fraction of sp³-hybridized carbons (Fsp3) is 0. The molecule has 3 nitrogen and oxygen atoms in total. The second-order valence-corrected chi connectivity index (χ2v) is 1.86. The third-order valence-corrected chi connectivity index (χ3v) is 1.37. The number of aliphatic imine (C=N–C) groups is 1. The summed E-state index contributed by atoms with van der Waals surface area (Å²) in [5.41, 5.74) is 0.704. The number of nitrogens with zero attached hydrogens (tertiary/aromatic N) is 3. The third kappa shape index (κ3) is 1.02. The summed E-state index contributed by atoms with van der Waals surface area (Å²) >= 11 is 1.11. The van der Waals surface area contributed by atoms with Gasteiger partial charge in [0.05, 0.1) is 11.7 Å². The molecule has 0 unspecified atom stereocenters. The maximum Gasteiger partial charge on any atom is 0.192 e. The van der Waals surface area contributed by atoms with Crippen LogP contribution < -0.4 is 0 Å². The van der Waals surface area contributed by atoms with Crippen molar-refractivity contribution < 1.29 is 0 Å². The lowest BCUT2D eigenvalue weighted by Gasteiger charge is -1.80. The molecule has 9 heavy (non-hydrogen) atoms. The van der Waals surface area contributed by atoms with E-state index in [9.17, 15) is 0 Å². The molecule has 1 aromatic heterocycles. The van der Waals surface area contributed by atoms with Crippen LogP contribution in [0.15, 0.2) is 11.6 Å². The van der Waals surface area contributed by atoms with Crippen molar-refractivity contribution >= 4 is 30.3 Å². The first-order chi connectivity index (χ1) is 4.38. The predicted molar refractivity (Wildman–Crippen MR) is 39.2 cm³/mol. The first kappa shape index (κ1) is 6.10. The summed E-state index contributed by atoms with van der Waals surface area (Å²) in [6, 6.07) is 0. The van der Waals surface area contributed by atoms with Gasteiger partial charge in [0, 0.05) is 0 Å². The number of hydrogen-bond donors (Lipinski definition) is 0. The Bertz CT molecular complexity index is 205. The molecule has 0 aliphatic rings. The molecule has 4 heteroatoms. The average Bonchev–Trinajstić information content (AvgIpc) is 2.33. The highest BCUT2D eigenvalue weighted by molar-refractivity contribution is 6.99. The minimum atomic E-state index is 0.565. The maximum absolute atomic E-state index is 3.88. The van der Waals surface area contributed by atoms with Gasteiger partial charge in [0.15, 0.2) is 5.82 Å². The van der Waals surface area contributed by atoms with Crippen molar-refractivity contribution in [2.75, 3.05) is 0 Å². The highest BCUT2D eigenvalue weighted by Crippen LogP contribution is 2.14. The van der Waals surface area contributed by atoms with E-state index in [4.69, 9.17) is 0 Å². The molecule has 0 saturated heterocycles. The van der Waals surface area contributed by atoms with Crippen LogP contribution in [0, 0.1) is 0 Å². The highest BCUT2D eigenvalue weighted by atomic mass is 32.1. The normalized spacial score (nSPS) is 8.89. The first-order valence-corrected chi connectivity index (χ1v) is 3.03. The third-order valence-electron chi connectivity index (χ3n) is 0.839. The molecule has 0 radical (unpaired) electrons. The van der Waals surface area contributed by atoms with E-state index >= 15 is 0 Å². The van der Waals surface area contributed by atoms with Crippen LogP contribution in [0.3, 0.4) is 0 Å². The molecule has 0 aliphatic heterocycles. The molecule has 1 rings (SSSR count). The van der Waals surface area contributed by atoms with Gasteiger partial charge in [0.2, 0.25) is 0 Å². The molecule has 0 amide bonds. The van der Waals surface area contributed by atoms with Crippen molar-refractivity contribution in [1.82, 2.24) is 8.75 Å². The van der Waals surface area contributed by atoms with Crippen LogP contribution in [0.4, 0.5) is 5.82 Å². The molecule has 0 aliphatic carbocycles. The molecule has 1 heterocycles. The quantitative estimate of drug-likeness (QED) is 0.582. The number of hydrogen-bond acceptors (Lipinski definition) is 4. The minimum absolute atomic E-state index is 0.565. The van der Waals surface area contributed by atoms with Crippen LogP contribution in [0.25, 0.3) is 6.08 Å². The summed E-state index contributed by atoms with van der Waals surface area (Å²) in [6.45, 7) is 6.85. The molecule has 0 N–H and O–H groups in total. The molecule has 0 aromatic carbocycles. The van der Waals surface area contributed by atoms with Crippen molar-refractivity contribution in [2.24, 2.45) is 4.99 Å².